The molecule has 0 amide bonds. The zero-order chi connectivity index (χ0) is 12.0. The smallest absolute Gasteiger partial charge is 0.168 e. The van der Waals surface area contributed by atoms with Crippen molar-refractivity contribution in [1.29, 1.82) is 0 Å². The molecule has 1 aromatic rings. The van der Waals surface area contributed by atoms with Crippen molar-refractivity contribution in [3.63, 3.8) is 0 Å². The van der Waals surface area contributed by atoms with Crippen LogP contribution < -0.4 is 4.74 Å². The van der Waals surface area contributed by atoms with Crippen LogP contribution in [-0.2, 0) is 6.42 Å². The van der Waals surface area contributed by atoms with Crippen LogP contribution >= 0.6 is 0 Å². The monoisotopic (exact) mass is 224 g/mol. The van der Waals surface area contributed by atoms with E-state index < -0.39 is 0 Å². The van der Waals surface area contributed by atoms with Crippen LogP contribution in [0.2, 0.25) is 0 Å². The Morgan fingerprint density at radius 1 is 1.19 bits per heavy atom. The van der Waals surface area contributed by atoms with E-state index in [-0.39, 0.29) is 5.82 Å². The summed E-state index contributed by atoms with van der Waals surface area (Å²) in [6.07, 6.45) is 4.49. The van der Waals surface area contributed by atoms with Gasteiger partial charge < -0.3 is 4.74 Å². The van der Waals surface area contributed by atoms with Gasteiger partial charge in [0.1, 0.15) is 0 Å². The molecule has 2 heteroatoms. The van der Waals surface area contributed by atoms with Gasteiger partial charge >= 0.3 is 0 Å². The number of halogens is 1. The molecule has 90 valence electrons. The van der Waals surface area contributed by atoms with Crippen molar-refractivity contribution < 1.29 is 9.13 Å². The molecule has 0 aliphatic rings. The fraction of sp³-hybridized carbons (Fsp3) is 0.571. The van der Waals surface area contributed by atoms with E-state index in [1.54, 1.807) is 6.07 Å². The summed E-state index contributed by atoms with van der Waals surface area (Å²) in [6.45, 7) is 6.38. The highest BCUT2D eigenvalue weighted by Gasteiger charge is 2.09. The van der Waals surface area contributed by atoms with Gasteiger partial charge in [0.2, 0.25) is 0 Å². The zero-order valence-electron chi connectivity index (χ0n) is 10.5. The number of aryl methyl sites for hydroxylation is 1. The number of benzene rings is 1. The Kier molecular flexibility index (Phi) is 5.30. The Morgan fingerprint density at radius 3 is 2.56 bits per heavy atom. The van der Waals surface area contributed by atoms with Crippen molar-refractivity contribution in [2.45, 2.75) is 46.5 Å². The predicted molar refractivity (Wildman–Crippen MR) is 65.5 cm³/mol. The van der Waals surface area contributed by atoms with Crippen molar-refractivity contribution in [3.05, 3.63) is 29.1 Å². The highest BCUT2D eigenvalue weighted by atomic mass is 19.1. The second-order valence-electron chi connectivity index (χ2n) is 4.05. The van der Waals surface area contributed by atoms with Crippen molar-refractivity contribution >= 4 is 0 Å². The number of rotatable bonds is 6. The summed E-state index contributed by atoms with van der Waals surface area (Å²) in [5.41, 5.74) is 1.84. The molecule has 0 atom stereocenters. The summed E-state index contributed by atoms with van der Waals surface area (Å²) in [5, 5.41) is 0. The van der Waals surface area contributed by atoms with Crippen LogP contribution in [0.1, 0.15) is 44.2 Å². The lowest BCUT2D eigenvalue weighted by atomic mass is 10.0. The number of ether oxygens (including phenoxy) is 1. The third-order valence-corrected chi connectivity index (χ3v) is 2.81. The van der Waals surface area contributed by atoms with E-state index in [0.717, 1.165) is 24.0 Å². The predicted octanol–water partition coefficient (Wildman–Crippen LogP) is 4.27. The molecule has 0 spiro atoms. The highest BCUT2D eigenvalue weighted by Crippen LogP contribution is 2.24. The molecule has 1 nitrogen and oxygen atoms in total. The Morgan fingerprint density at radius 2 is 1.94 bits per heavy atom. The van der Waals surface area contributed by atoms with Crippen LogP contribution in [-0.4, -0.2) is 6.61 Å². The quantitative estimate of drug-likeness (QED) is 0.656. The van der Waals surface area contributed by atoms with E-state index in [1.807, 2.05) is 19.9 Å². The molecule has 1 rings (SSSR count). The Balaban J connectivity index is 2.76. The molecule has 0 aliphatic carbocycles. The largest absolute Gasteiger partial charge is 0.491 e. The van der Waals surface area contributed by atoms with E-state index in [4.69, 9.17) is 4.74 Å². The molecule has 0 heterocycles. The van der Waals surface area contributed by atoms with E-state index in [2.05, 4.69) is 6.92 Å². The first-order valence-corrected chi connectivity index (χ1v) is 6.11. The van der Waals surface area contributed by atoms with E-state index in [0.29, 0.717) is 12.4 Å². The van der Waals surface area contributed by atoms with Crippen LogP contribution in [0.3, 0.4) is 0 Å². The molecule has 0 aliphatic heterocycles. The lowest BCUT2D eigenvalue weighted by Gasteiger charge is -2.11. The number of unbranched alkanes of at least 4 members (excludes halogenated alkanes) is 2. The maximum Gasteiger partial charge on any atom is 0.168 e. The molecule has 0 unspecified atom stereocenters. The zero-order valence-corrected chi connectivity index (χ0v) is 10.5. The maximum atomic E-state index is 13.8. The van der Waals surface area contributed by atoms with E-state index in [1.165, 1.54) is 12.8 Å². The van der Waals surface area contributed by atoms with Crippen LogP contribution in [0, 0.1) is 12.7 Å². The Hall–Kier alpha value is -1.05. The molecule has 0 aromatic heterocycles. The van der Waals surface area contributed by atoms with E-state index in [9.17, 15) is 4.39 Å². The standard InChI is InChI=1S/C14H21FO/c1-4-6-7-8-12-9-10-13(16-5-2)14(15)11(12)3/h9-10H,4-8H2,1-3H3. The van der Waals surface area contributed by atoms with Crippen molar-refractivity contribution in [2.75, 3.05) is 6.61 Å². The number of hydrogen-bond acceptors (Lipinski definition) is 1. The van der Waals surface area contributed by atoms with Gasteiger partial charge in [-0.1, -0.05) is 25.8 Å². The lowest BCUT2D eigenvalue weighted by Crippen LogP contribution is -1.99. The normalized spacial score (nSPS) is 10.5. The van der Waals surface area contributed by atoms with Crippen LogP contribution in [0.4, 0.5) is 4.39 Å². The summed E-state index contributed by atoms with van der Waals surface area (Å²) >= 11 is 0. The molecule has 0 saturated heterocycles. The molecule has 0 bridgehead atoms. The SMILES string of the molecule is CCCCCc1ccc(OCC)c(F)c1C. The molecular formula is C14H21FO. The van der Waals surface area contributed by atoms with Crippen LogP contribution in [0.5, 0.6) is 5.75 Å². The summed E-state index contributed by atoms with van der Waals surface area (Å²) in [5.74, 6) is 0.176. The Labute approximate surface area is 97.6 Å². The van der Waals surface area contributed by atoms with Crippen molar-refractivity contribution in [2.24, 2.45) is 0 Å². The third kappa shape index (κ3) is 3.22. The van der Waals surface area contributed by atoms with Gasteiger partial charge in [0.25, 0.3) is 0 Å². The molecule has 16 heavy (non-hydrogen) atoms. The van der Waals surface area contributed by atoms with Gasteiger partial charge in [0.15, 0.2) is 11.6 Å². The van der Waals surface area contributed by atoms with Gasteiger partial charge in [0.05, 0.1) is 6.61 Å². The molecule has 0 fully saturated rings. The van der Waals surface area contributed by atoms with Gasteiger partial charge in [-0.3, -0.25) is 0 Å². The van der Waals surface area contributed by atoms with Crippen molar-refractivity contribution in [1.82, 2.24) is 0 Å². The minimum atomic E-state index is -0.198. The second kappa shape index (κ2) is 6.51. The molecule has 0 radical (unpaired) electrons. The van der Waals surface area contributed by atoms with Gasteiger partial charge in [-0.15, -0.1) is 0 Å². The molecule has 0 N–H and O–H groups in total. The van der Waals surface area contributed by atoms with Gasteiger partial charge in [-0.05, 0) is 43.9 Å². The Bertz CT molecular complexity index is 334. The van der Waals surface area contributed by atoms with E-state index >= 15 is 0 Å². The minimum Gasteiger partial charge on any atom is -0.491 e. The third-order valence-electron chi connectivity index (χ3n) is 2.81. The van der Waals surface area contributed by atoms with Crippen LogP contribution in [0.25, 0.3) is 0 Å². The van der Waals surface area contributed by atoms with Gasteiger partial charge in [-0.2, -0.15) is 0 Å². The molecule has 0 saturated carbocycles. The number of hydrogen-bond donors (Lipinski definition) is 0. The minimum absolute atomic E-state index is 0.198. The first-order valence-electron chi connectivity index (χ1n) is 6.11. The average Bonchev–Trinajstić information content (AvgIpc) is 2.28. The summed E-state index contributed by atoms with van der Waals surface area (Å²) in [7, 11) is 0. The van der Waals surface area contributed by atoms with Gasteiger partial charge in [0, 0.05) is 0 Å². The summed E-state index contributed by atoms with van der Waals surface area (Å²) < 4.78 is 19.1. The lowest BCUT2D eigenvalue weighted by molar-refractivity contribution is 0.320. The molecule has 1 aromatic carbocycles. The topological polar surface area (TPSA) is 9.23 Å². The summed E-state index contributed by atoms with van der Waals surface area (Å²) in [6, 6.07) is 3.73. The van der Waals surface area contributed by atoms with Crippen molar-refractivity contribution in [3.8, 4) is 5.75 Å². The average molecular weight is 224 g/mol. The first kappa shape index (κ1) is 13.0. The maximum absolute atomic E-state index is 13.8. The van der Waals surface area contributed by atoms with Gasteiger partial charge in [-0.25, -0.2) is 4.39 Å². The second-order valence-corrected chi connectivity index (χ2v) is 4.05. The summed E-state index contributed by atoms with van der Waals surface area (Å²) in [4.78, 5) is 0. The molecular weight excluding hydrogens is 203 g/mol. The van der Waals surface area contributed by atoms with Crippen LogP contribution in [0.15, 0.2) is 12.1 Å². The highest BCUT2D eigenvalue weighted by molar-refractivity contribution is 5.36. The first-order chi connectivity index (χ1) is 7.70. The fourth-order valence-corrected chi connectivity index (χ4v) is 1.80. The fourth-order valence-electron chi connectivity index (χ4n) is 1.80.